The predicted molar refractivity (Wildman–Crippen MR) is 120 cm³/mol. The molecule has 7 nitrogen and oxygen atoms in total. The van der Waals surface area contributed by atoms with Crippen LogP contribution in [0.1, 0.15) is 44.1 Å². The van der Waals surface area contributed by atoms with E-state index in [0.717, 1.165) is 50.4 Å². The lowest BCUT2D eigenvalue weighted by Crippen LogP contribution is -2.44. The van der Waals surface area contributed by atoms with Crippen LogP contribution in [0.4, 0.5) is 0 Å². The largest absolute Gasteiger partial charge is 0.474 e. The van der Waals surface area contributed by atoms with Crippen molar-refractivity contribution in [1.82, 2.24) is 15.6 Å². The molecule has 158 valence electrons. The molecule has 2 fully saturated rings. The van der Waals surface area contributed by atoms with Crippen molar-refractivity contribution in [3.63, 3.8) is 0 Å². The van der Waals surface area contributed by atoms with Crippen LogP contribution in [-0.4, -0.2) is 55.6 Å². The molecule has 2 heterocycles. The second-order valence-electron chi connectivity index (χ2n) is 7.58. The third-order valence-corrected chi connectivity index (χ3v) is 5.53. The molecule has 1 aliphatic carbocycles. The Balaban J connectivity index is 0.00000280. The number of halogens is 1. The lowest BCUT2D eigenvalue weighted by atomic mass is 9.84. The molecular weight excluding hydrogens is 471 g/mol. The summed E-state index contributed by atoms with van der Waals surface area (Å²) in [5.41, 5.74) is 1.07. The minimum Gasteiger partial charge on any atom is -0.474 e. The smallest absolute Gasteiger partial charge is 0.213 e. The lowest BCUT2D eigenvalue weighted by molar-refractivity contribution is 0.127. The Kier molecular flexibility index (Phi) is 9.73. The zero-order valence-corrected chi connectivity index (χ0v) is 19.0. The van der Waals surface area contributed by atoms with Crippen LogP contribution in [0.2, 0.25) is 0 Å². The highest BCUT2D eigenvalue weighted by Crippen LogP contribution is 2.31. The average molecular weight is 504 g/mol. The van der Waals surface area contributed by atoms with E-state index in [9.17, 15) is 5.11 Å². The highest BCUT2D eigenvalue weighted by atomic mass is 127. The number of ether oxygens (including phenoxy) is 2. The Morgan fingerprint density at radius 2 is 2.18 bits per heavy atom. The van der Waals surface area contributed by atoms with Crippen molar-refractivity contribution in [2.45, 2.75) is 51.2 Å². The molecule has 1 aliphatic heterocycles. The summed E-state index contributed by atoms with van der Waals surface area (Å²) in [6, 6.07) is 3.98. The van der Waals surface area contributed by atoms with Gasteiger partial charge < -0.3 is 25.2 Å². The Morgan fingerprint density at radius 3 is 2.79 bits per heavy atom. The van der Waals surface area contributed by atoms with E-state index in [0.29, 0.717) is 25.1 Å². The summed E-state index contributed by atoms with van der Waals surface area (Å²) >= 11 is 0. The van der Waals surface area contributed by atoms with E-state index in [1.54, 1.807) is 7.05 Å². The molecular formula is C20H33IN4O3. The first-order valence-corrected chi connectivity index (χ1v) is 9.98. The van der Waals surface area contributed by atoms with E-state index in [4.69, 9.17) is 9.47 Å². The zero-order valence-electron chi connectivity index (χ0n) is 16.7. The van der Waals surface area contributed by atoms with Gasteiger partial charge in [0.25, 0.3) is 0 Å². The first-order chi connectivity index (χ1) is 13.2. The van der Waals surface area contributed by atoms with Gasteiger partial charge in [-0.2, -0.15) is 0 Å². The fourth-order valence-electron chi connectivity index (χ4n) is 3.75. The van der Waals surface area contributed by atoms with Crippen LogP contribution >= 0.6 is 24.0 Å². The van der Waals surface area contributed by atoms with Gasteiger partial charge in [-0.1, -0.05) is 6.07 Å². The van der Waals surface area contributed by atoms with Crippen molar-refractivity contribution in [2.75, 3.05) is 33.4 Å². The minimum absolute atomic E-state index is 0. The SMILES string of the molecule is CN=C(NCc1ccc(OC2CCCC2)nc1)NCC1(CCO)CCOC1.I. The minimum atomic E-state index is -0.00679. The molecule has 0 bridgehead atoms. The third kappa shape index (κ3) is 6.73. The highest BCUT2D eigenvalue weighted by molar-refractivity contribution is 14.0. The van der Waals surface area contributed by atoms with Gasteiger partial charge in [0.1, 0.15) is 6.10 Å². The first kappa shape index (κ1) is 23.2. The van der Waals surface area contributed by atoms with Crippen molar-refractivity contribution in [3.8, 4) is 5.88 Å². The molecule has 8 heteroatoms. The van der Waals surface area contributed by atoms with Gasteiger partial charge in [0.05, 0.1) is 6.61 Å². The molecule has 1 atom stereocenters. The van der Waals surface area contributed by atoms with Crippen LogP contribution < -0.4 is 15.4 Å². The molecule has 1 unspecified atom stereocenters. The average Bonchev–Trinajstić information content (AvgIpc) is 3.36. The summed E-state index contributed by atoms with van der Waals surface area (Å²) in [5, 5.41) is 16.0. The molecule has 3 rings (SSSR count). The Morgan fingerprint density at radius 1 is 1.36 bits per heavy atom. The van der Waals surface area contributed by atoms with Crippen LogP contribution in [0.15, 0.2) is 23.3 Å². The maximum absolute atomic E-state index is 9.33. The van der Waals surface area contributed by atoms with Gasteiger partial charge in [-0.3, -0.25) is 4.99 Å². The Bertz CT molecular complexity index is 600. The number of aromatic nitrogens is 1. The first-order valence-electron chi connectivity index (χ1n) is 9.98. The number of nitrogens with zero attached hydrogens (tertiary/aromatic N) is 2. The van der Waals surface area contributed by atoms with E-state index in [1.165, 1.54) is 12.8 Å². The lowest BCUT2D eigenvalue weighted by Gasteiger charge is -2.27. The predicted octanol–water partition coefficient (Wildman–Crippen LogP) is 2.48. The topological polar surface area (TPSA) is 88.0 Å². The summed E-state index contributed by atoms with van der Waals surface area (Å²) in [6.45, 7) is 3.00. The number of nitrogens with one attached hydrogen (secondary N) is 2. The van der Waals surface area contributed by atoms with Crippen LogP contribution in [0, 0.1) is 5.41 Å². The number of guanidine groups is 1. The maximum Gasteiger partial charge on any atom is 0.213 e. The molecule has 3 N–H and O–H groups in total. The fraction of sp³-hybridized carbons (Fsp3) is 0.700. The Hall–Kier alpha value is -1.13. The maximum atomic E-state index is 9.33. The van der Waals surface area contributed by atoms with E-state index >= 15 is 0 Å². The molecule has 1 saturated heterocycles. The second-order valence-corrected chi connectivity index (χ2v) is 7.58. The van der Waals surface area contributed by atoms with E-state index in [2.05, 4.69) is 20.6 Å². The van der Waals surface area contributed by atoms with Gasteiger partial charge in [0.15, 0.2) is 5.96 Å². The van der Waals surface area contributed by atoms with E-state index in [-0.39, 0.29) is 36.0 Å². The van der Waals surface area contributed by atoms with Crippen LogP contribution in [0.3, 0.4) is 0 Å². The third-order valence-electron chi connectivity index (χ3n) is 5.53. The molecule has 0 radical (unpaired) electrons. The molecule has 0 amide bonds. The normalized spacial score (nSPS) is 22.7. The molecule has 0 spiro atoms. The monoisotopic (exact) mass is 504 g/mol. The van der Waals surface area contributed by atoms with Crippen LogP contribution in [0.25, 0.3) is 0 Å². The number of rotatable bonds is 8. The molecule has 1 aromatic rings. The summed E-state index contributed by atoms with van der Waals surface area (Å²) in [5.74, 6) is 1.45. The van der Waals surface area contributed by atoms with E-state index < -0.39 is 0 Å². The van der Waals surface area contributed by atoms with Gasteiger partial charge in [0.2, 0.25) is 5.88 Å². The fourth-order valence-corrected chi connectivity index (χ4v) is 3.75. The number of aliphatic hydroxyl groups excluding tert-OH is 1. The van der Waals surface area contributed by atoms with Crippen molar-refractivity contribution in [3.05, 3.63) is 23.9 Å². The highest BCUT2D eigenvalue weighted by Gasteiger charge is 2.34. The summed E-state index contributed by atoms with van der Waals surface area (Å²) in [4.78, 5) is 8.71. The van der Waals surface area contributed by atoms with Gasteiger partial charge in [-0.15, -0.1) is 24.0 Å². The number of aliphatic hydroxyl groups is 1. The molecule has 1 saturated carbocycles. The van der Waals surface area contributed by atoms with Crippen LogP contribution in [-0.2, 0) is 11.3 Å². The van der Waals surface area contributed by atoms with Crippen molar-refractivity contribution >= 4 is 29.9 Å². The summed E-state index contributed by atoms with van der Waals surface area (Å²) < 4.78 is 11.4. The Labute approximate surface area is 184 Å². The zero-order chi connectivity index (χ0) is 19.0. The van der Waals surface area contributed by atoms with Gasteiger partial charge in [-0.05, 0) is 44.1 Å². The quantitative estimate of drug-likeness (QED) is 0.287. The second kappa shape index (κ2) is 11.8. The molecule has 0 aromatic carbocycles. The molecule has 2 aliphatic rings. The summed E-state index contributed by atoms with van der Waals surface area (Å²) in [7, 11) is 1.76. The van der Waals surface area contributed by atoms with Gasteiger partial charge in [-0.25, -0.2) is 4.98 Å². The van der Waals surface area contributed by atoms with Crippen molar-refractivity contribution in [2.24, 2.45) is 10.4 Å². The standard InChI is InChI=1S/C20H32N4O3.HI/c1-21-19(24-14-20(8-10-25)9-11-26-15-20)23-13-16-6-7-18(22-12-16)27-17-4-2-3-5-17;/h6-7,12,17,25H,2-5,8-11,13-15H2,1H3,(H2,21,23,24);1H. The van der Waals surface area contributed by atoms with Crippen LogP contribution in [0.5, 0.6) is 5.88 Å². The van der Waals surface area contributed by atoms with E-state index in [1.807, 2.05) is 18.3 Å². The number of aliphatic imine (C=N–C) groups is 1. The summed E-state index contributed by atoms with van der Waals surface area (Å²) in [6.07, 6.45) is 8.66. The van der Waals surface area contributed by atoms with Crippen molar-refractivity contribution in [1.29, 1.82) is 0 Å². The number of hydrogen-bond acceptors (Lipinski definition) is 5. The van der Waals surface area contributed by atoms with Gasteiger partial charge >= 0.3 is 0 Å². The molecule has 28 heavy (non-hydrogen) atoms. The van der Waals surface area contributed by atoms with Gasteiger partial charge in [0, 0.05) is 51.0 Å². The number of hydrogen-bond donors (Lipinski definition) is 3. The van der Waals surface area contributed by atoms with Crippen molar-refractivity contribution < 1.29 is 14.6 Å². The molecule has 1 aromatic heterocycles. The number of pyridine rings is 1.